The van der Waals surface area contributed by atoms with Crippen molar-refractivity contribution in [3.05, 3.63) is 42.1 Å². The molecule has 0 radical (unpaired) electrons. The summed E-state index contributed by atoms with van der Waals surface area (Å²) >= 11 is 0. The highest BCUT2D eigenvalue weighted by Gasteiger charge is 2.06. The van der Waals surface area contributed by atoms with Gasteiger partial charge in [0.2, 0.25) is 0 Å². The molecule has 2 rings (SSSR count). The lowest BCUT2D eigenvalue weighted by atomic mass is 10.1. The van der Waals surface area contributed by atoms with Gasteiger partial charge in [-0.1, -0.05) is 30.3 Å². The minimum atomic E-state index is 0.362. The van der Waals surface area contributed by atoms with Gasteiger partial charge in [0.25, 0.3) is 0 Å². The van der Waals surface area contributed by atoms with Gasteiger partial charge in [-0.15, -0.1) is 0 Å². The lowest BCUT2D eigenvalue weighted by molar-refractivity contribution is 0.124. The average Bonchev–Trinajstić information content (AvgIpc) is 2.68. The molecule has 0 atom stereocenters. The van der Waals surface area contributed by atoms with Gasteiger partial charge in [0.1, 0.15) is 0 Å². The summed E-state index contributed by atoms with van der Waals surface area (Å²) < 4.78 is 0. The van der Waals surface area contributed by atoms with E-state index in [9.17, 15) is 0 Å². The number of nitrogens with one attached hydrogen (secondary N) is 1. The monoisotopic (exact) mass is 189 g/mol. The first-order valence-corrected chi connectivity index (χ1v) is 4.31. The van der Waals surface area contributed by atoms with Crippen molar-refractivity contribution in [3.8, 4) is 11.3 Å². The van der Waals surface area contributed by atoms with Gasteiger partial charge in [-0.25, -0.2) is 5.90 Å². The summed E-state index contributed by atoms with van der Waals surface area (Å²) in [6.07, 6.45) is 1.72. The quantitative estimate of drug-likeness (QED) is 0.718. The average molecular weight is 189 g/mol. The van der Waals surface area contributed by atoms with Crippen LogP contribution in [0.2, 0.25) is 0 Å². The smallest absolute Gasteiger partial charge is 0.0966 e. The van der Waals surface area contributed by atoms with Crippen LogP contribution < -0.4 is 5.90 Å². The topological polar surface area (TPSA) is 63.9 Å². The largest absolute Gasteiger partial charge is 0.300 e. The molecule has 0 spiro atoms. The van der Waals surface area contributed by atoms with Gasteiger partial charge in [-0.3, -0.25) is 9.94 Å². The van der Waals surface area contributed by atoms with Gasteiger partial charge in [-0.05, 0) is 5.56 Å². The fourth-order valence-electron chi connectivity index (χ4n) is 1.37. The number of hydrogen-bond acceptors (Lipinski definition) is 3. The summed E-state index contributed by atoms with van der Waals surface area (Å²) in [6, 6.07) is 9.94. The van der Waals surface area contributed by atoms with Crippen molar-refractivity contribution in [1.82, 2.24) is 10.2 Å². The molecular formula is C10H11N3O. The first-order chi connectivity index (χ1) is 6.92. The number of aromatic nitrogens is 2. The molecule has 0 saturated carbocycles. The Hall–Kier alpha value is -1.65. The Bertz CT molecular complexity index is 397. The molecule has 1 heterocycles. The number of rotatable bonds is 3. The van der Waals surface area contributed by atoms with Gasteiger partial charge >= 0.3 is 0 Å². The molecular weight excluding hydrogens is 178 g/mol. The molecule has 72 valence electrons. The first-order valence-electron chi connectivity index (χ1n) is 4.31. The van der Waals surface area contributed by atoms with Gasteiger partial charge in [0.05, 0.1) is 18.5 Å². The van der Waals surface area contributed by atoms with Crippen LogP contribution in [-0.4, -0.2) is 10.2 Å². The van der Waals surface area contributed by atoms with Crippen molar-refractivity contribution in [1.29, 1.82) is 0 Å². The summed E-state index contributed by atoms with van der Waals surface area (Å²) in [6.45, 7) is 0.362. The Morgan fingerprint density at radius 2 is 2.07 bits per heavy atom. The molecule has 0 saturated heterocycles. The molecule has 0 unspecified atom stereocenters. The zero-order valence-electron chi connectivity index (χ0n) is 7.60. The van der Waals surface area contributed by atoms with E-state index in [-0.39, 0.29) is 0 Å². The fourth-order valence-corrected chi connectivity index (χ4v) is 1.37. The van der Waals surface area contributed by atoms with E-state index in [0.717, 1.165) is 16.8 Å². The van der Waals surface area contributed by atoms with Crippen molar-refractivity contribution in [2.24, 2.45) is 5.90 Å². The maximum Gasteiger partial charge on any atom is 0.0966 e. The van der Waals surface area contributed by atoms with E-state index < -0.39 is 0 Å². The Morgan fingerprint density at radius 3 is 2.79 bits per heavy atom. The minimum Gasteiger partial charge on any atom is -0.300 e. The summed E-state index contributed by atoms with van der Waals surface area (Å²) in [4.78, 5) is 4.59. The molecule has 0 bridgehead atoms. The minimum absolute atomic E-state index is 0.362. The second kappa shape index (κ2) is 4.04. The lowest BCUT2D eigenvalue weighted by Crippen LogP contribution is -1.99. The zero-order valence-corrected chi connectivity index (χ0v) is 7.60. The van der Waals surface area contributed by atoms with Gasteiger partial charge in [-0.2, -0.15) is 5.10 Å². The predicted molar refractivity (Wildman–Crippen MR) is 53.0 cm³/mol. The summed E-state index contributed by atoms with van der Waals surface area (Å²) in [5.74, 6) is 5.03. The van der Waals surface area contributed by atoms with Gasteiger partial charge in [0, 0.05) is 5.56 Å². The second-order valence-corrected chi connectivity index (χ2v) is 2.95. The highest BCUT2D eigenvalue weighted by Crippen LogP contribution is 2.20. The van der Waals surface area contributed by atoms with E-state index in [4.69, 9.17) is 5.90 Å². The third kappa shape index (κ3) is 1.66. The number of aromatic amines is 1. The van der Waals surface area contributed by atoms with Crippen LogP contribution in [0.3, 0.4) is 0 Å². The normalized spacial score (nSPS) is 10.4. The van der Waals surface area contributed by atoms with Crippen LogP contribution in [0.1, 0.15) is 5.56 Å². The van der Waals surface area contributed by atoms with Crippen LogP contribution in [0, 0.1) is 0 Å². The highest BCUT2D eigenvalue weighted by atomic mass is 16.6. The third-order valence-corrected chi connectivity index (χ3v) is 2.02. The van der Waals surface area contributed by atoms with Crippen molar-refractivity contribution in [2.45, 2.75) is 6.61 Å². The second-order valence-electron chi connectivity index (χ2n) is 2.95. The standard InChI is InChI=1S/C10H11N3O/c11-14-7-9-6-12-13-10(9)8-4-2-1-3-5-8/h1-6H,7,11H2,(H,12,13). The Balaban J connectivity index is 2.37. The Labute approximate surface area is 81.7 Å². The zero-order chi connectivity index (χ0) is 9.80. The van der Waals surface area contributed by atoms with Crippen LogP contribution in [0.5, 0.6) is 0 Å². The highest BCUT2D eigenvalue weighted by molar-refractivity contribution is 5.62. The van der Waals surface area contributed by atoms with Gasteiger partial charge < -0.3 is 0 Å². The van der Waals surface area contributed by atoms with E-state index in [1.807, 2.05) is 30.3 Å². The van der Waals surface area contributed by atoms with E-state index >= 15 is 0 Å². The summed E-state index contributed by atoms with van der Waals surface area (Å²) in [5.41, 5.74) is 2.99. The molecule has 1 aromatic carbocycles. The summed E-state index contributed by atoms with van der Waals surface area (Å²) in [7, 11) is 0. The van der Waals surface area contributed by atoms with Crippen LogP contribution in [0.25, 0.3) is 11.3 Å². The molecule has 2 aromatic rings. The SMILES string of the molecule is NOCc1cn[nH]c1-c1ccccc1. The number of benzene rings is 1. The Kier molecular flexibility index (Phi) is 2.58. The molecule has 0 fully saturated rings. The summed E-state index contributed by atoms with van der Waals surface area (Å²) in [5, 5.41) is 6.88. The molecule has 3 N–H and O–H groups in total. The third-order valence-electron chi connectivity index (χ3n) is 2.02. The number of H-pyrrole nitrogens is 1. The maximum absolute atomic E-state index is 5.03. The molecule has 4 heteroatoms. The molecule has 0 aliphatic heterocycles. The van der Waals surface area contributed by atoms with Crippen LogP contribution in [0.4, 0.5) is 0 Å². The molecule has 14 heavy (non-hydrogen) atoms. The van der Waals surface area contributed by atoms with Crippen LogP contribution in [0.15, 0.2) is 36.5 Å². The lowest BCUT2D eigenvalue weighted by Gasteiger charge is -2.00. The number of hydrogen-bond donors (Lipinski definition) is 2. The molecule has 0 aliphatic carbocycles. The van der Waals surface area contributed by atoms with Gasteiger partial charge in [0.15, 0.2) is 0 Å². The van der Waals surface area contributed by atoms with E-state index in [1.54, 1.807) is 6.20 Å². The van der Waals surface area contributed by atoms with E-state index in [0.29, 0.717) is 6.61 Å². The van der Waals surface area contributed by atoms with Crippen molar-refractivity contribution < 1.29 is 4.84 Å². The van der Waals surface area contributed by atoms with Crippen molar-refractivity contribution >= 4 is 0 Å². The maximum atomic E-state index is 5.03. The Morgan fingerprint density at radius 1 is 1.29 bits per heavy atom. The fraction of sp³-hybridized carbons (Fsp3) is 0.100. The molecule has 0 aliphatic rings. The predicted octanol–water partition coefficient (Wildman–Crippen LogP) is 1.47. The molecule has 1 aromatic heterocycles. The van der Waals surface area contributed by atoms with Crippen molar-refractivity contribution in [2.75, 3.05) is 0 Å². The van der Waals surface area contributed by atoms with Crippen LogP contribution >= 0.6 is 0 Å². The first kappa shape index (κ1) is 8.93. The molecule has 0 amide bonds. The van der Waals surface area contributed by atoms with E-state index in [1.165, 1.54) is 0 Å². The molecule has 4 nitrogen and oxygen atoms in total. The number of nitrogens with zero attached hydrogens (tertiary/aromatic N) is 1. The van der Waals surface area contributed by atoms with Crippen molar-refractivity contribution in [3.63, 3.8) is 0 Å². The van der Waals surface area contributed by atoms with E-state index in [2.05, 4.69) is 15.0 Å². The van der Waals surface area contributed by atoms with Crippen LogP contribution in [-0.2, 0) is 11.4 Å². The number of nitrogens with two attached hydrogens (primary N) is 1.